The Bertz CT molecular complexity index is 1240. The molecule has 1 amide bonds. The molecular formula is C27H32N2O4S. The number of sulfonamides is 1. The third kappa shape index (κ3) is 5.97. The number of hydrogen-bond acceptors (Lipinski definition) is 4. The van der Waals surface area contributed by atoms with E-state index in [4.69, 9.17) is 4.74 Å². The molecule has 3 aromatic carbocycles. The highest BCUT2D eigenvalue weighted by atomic mass is 32.2. The molecule has 7 heteroatoms. The Balaban J connectivity index is 1.87. The van der Waals surface area contributed by atoms with Crippen LogP contribution in [-0.2, 0) is 14.8 Å². The maximum atomic E-state index is 13.6. The lowest BCUT2D eigenvalue weighted by Gasteiger charge is -2.25. The monoisotopic (exact) mass is 480 g/mol. The van der Waals surface area contributed by atoms with Gasteiger partial charge in [-0.05, 0) is 87.7 Å². The van der Waals surface area contributed by atoms with E-state index in [1.54, 1.807) is 24.3 Å². The van der Waals surface area contributed by atoms with Crippen molar-refractivity contribution in [2.24, 2.45) is 0 Å². The fourth-order valence-electron chi connectivity index (χ4n) is 3.56. The van der Waals surface area contributed by atoms with Crippen molar-refractivity contribution in [3.63, 3.8) is 0 Å². The van der Waals surface area contributed by atoms with Crippen LogP contribution in [0.3, 0.4) is 0 Å². The lowest BCUT2D eigenvalue weighted by Crippen LogP contribution is -2.41. The van der Waals surface area contributed by atoms with Gasteiger partial charge in [0.1, 0.15) is 12.3 Å². The number of rotatable bonds is 9. The van der Waals surface area contributed by atoms with E-state index in [-0.39, 0.29) is 23.4 Å². The quantitative estimate of drug-likeness (QED) is 0.463. The van der Waals surface area contributed by atoms with Crippen LogP contribution in [0.2, 0.25) is 0 Å². The zero-order valence-corrected chi connectivity index (χ0v) is 21.1. The fourth-order valence-corrected chi connectivity index (χ4v) is 4.98. The second-order valence-corrected chi connectivity index (χ2v) is 10.2. The van der Waals surface area contributed by atoms with Crippen LogP contribution < -0.4 is 14.4 Å². The highest BCUT2D eigenvalue weighted by molar-refractivity contribution is 7.92. The number of carbonyl (C=O) groups excluding carboxylic acids is 1. The summed E-state index contributed by atoms with van der Waals surface area (Å²) >= 11 is 0. The fraction of sp³-hybridized carbons (Fsp3) is 0.296. The third-order valence-corrected chi connectivity index (χ3v) is 7.53. The van der Waals surface area contributed by atoms with Crippen LogP contribution in [-0.4, -0.2) is 27.5 Å². The summed E-state index contributed by atoms with van der Waals surface area (Å²) in [7, 11) is -3.99. The summed E-state index contributed by atoms with van der Waals surface area (Å²) in [6.07, 6.45) is 0. The van der Waals surface area contributed by atoms with Crippen LogP contribution in [0.4, 0.5) is 5.69 Å². The largest absolute Gasteiger partial charge is 0.494 e. The van der Waals surface area contributed by atoms with E-state index in [0.717, 1.165) is 21.0 Å². The molecule has 0 aliphatic rings. The summed E-state index contributed by atoms with van der Waals surface area (Å²) < 4.78 is 33.7. The molecule has 0 heterocycles. The van der Waals surface area contributed by atoms with Gasteiger partial charge in [0.15, 0.2) is 0 Å². The zero-order valence-electron chi connectivity index (χ0n) is 20.3. The average Bonchev–Trinajstić information content (AvgIpc) is 2.80. The number of nitrogens with one attached hydrogen (secondary N) is 1. The van der Waals surface area contributed by atoms with E-state index < -0.39 is 10.0 Å². The first kappa shape index (κ1) is 25.3. The Morgan fingerprint density at radius 2 is 1.59 bits per heavy atom. The second-order valence-electron chi connectivity index (χ2n) is 8.38. The molecule has 180 valence electrons. The molecule has 1 atom stereocenters. The summed E-state index contributed by atoms with van der Waals surface area (Å²) in [5.41, 5.74) is 4.70. The van der Waals surface area contributed by atoms with Gasteiger partial charge in [0.05, 0.1) is 23.2 Å². The molecule has 0 aliphatic heterocycles. The van der Waals surface area contributed by atoms with Crippen molar-refractivity contribution in [2.75, 3.05) is 17.5 Å². The number of ether oxygens (including phenoxy) is 1. The first-order chi connectivity index (χ1) is 16.1. The average molecular weight is 481 g/mol. The smallest absolute Gasteiger partial charge is 0.264 e. The molecule has 0 aliphatic carbocycles. The first-order valence-corrected chi connectivity index (χ1v) is 12.7. The van der Waals surface area contributed by atoms with Crippen LogP contribution in [0, 0.1) is 20.8 Å². The van der Waals surface area contributed by atoms with Crippen LogP contribution in [0.15, 0.2) is 71.6 Å². The van der Waals surface area contributed by atoms with Crippen molar-refractivity contribution in [3.8, 4) is 5.75 Å². The molecule has 0 bridgehead atoms. The maximum absolute atomic E-state index is 13.6. The van der Waals surface area contributed by atoms with Gasteiger partial charge in [-0.3, -0.25) is 9.10 Å². The molecule has 0 fully saturated rings. The molecule has 1 unspecified atom stereocenters. The number of hydrogen-bond donors (Lipinski definition) is 1. The molecule has 0 spiro atoms. The van der Waals surface area contributed by atoms with E-state index in [9.17, 15) is 13.2 Å². The molecule has 0 radical (unpaired) electrons. The normalized spacial score (nSPS) is 12.1. The van der Waals surface area contributed by atoms with Gasteiger partial charge in [-0.2, -0.15) is 0 Å². The molecule has 34 heavy (non-hydrogen) atoms. The second kappa shape index (κ2) is 10.7. The maximum Gasteiger partial charge on any atom is 0.264 e. The molecular weight excluding hydrogens is 448 g/mol. The Labute approximate surface area is 202 Å². The van der Waals surface area contributed by atoms with Gasteiger partial charge in [0.2, 0.25) is 5.91 Å². The Morgan fingerprint density at radius 1 is 0.941 bits per heavy atom. The SMILES string of the molecule is CCOc1ccc(S(=O)(=O)N(CC(=O)NC(C)c2ccc(C)c(C)c2)c2ccc(C)cc2)cc1. The number of nitrogens with zero attached hydrogens (tertiary/aromatic N) is 1. The summed E-state index contributed by atoms with van der Waals surface area (Å²) in [4.78, 5) is 13.1. The predicted molar refractivity (Wildman–Crippen MR) is 136 cm³/mol. The predicted octanol–water partition coefficient (Wildman–Crippen LogP) is 5.08. The molecule has 1 N–H and O–H groups in total. The topological polar surface area (TPSA) is 75.7 Å². The van der Waals surface area contributed by atoms with Gasteiger partial charge in [0, 0.05) is 0 Å². The molecule has 0 saturated heterocycles. The molecule has 6 nitrogen and oxygen atoms in total. The first-order valence-electron chi connectivity index (χ1n) is 11.3. The minimum Gasteiger partial charge on any atom is -0.494 e. The van der Waals surface area contributed by atoms with Crippen LogP contribution in [0.5, 0.6) is 5.75 Å². The zero-order chi connectivity index (χ0) is 24.9. The van der Waals surface area contributed by atoms with Gasteiger partial charge in [-0.25, -0.2) is 8.42 Å². The highest BCUT2D eigenvalue weighted by Gasteiger charge is 2.28. The van der Waals surface area contributed by atoms with Crippen LogP contribution in [0.25, 0.3) is 0 Å². The number of aryl methyl sites for hydroxylation is 3. The van der Waals surface area contributed by atoms with Crippen LogP contribution >= 0.6 is 0 Å². The van der Waals surface area contributed by atoms with E-state index in [1.807, 2.05) is 65.0 Å². The summed E-state index contributed by atoms with van der Waals surface area (Å²) in [5, 5.41) is 2.94. The van der Waals surface area contributed by atoms with Crippen LogP contribution in [0.1, 0.15) is 42.1 Å². The van der Waals surface area contributed by atoms with Gasteiger partial charge in [0.25, 0.3) is 10.0 Å². The molecule has 3 aromatic rings. The number of anilines is 1. The molecule has 0 saturated carbocycles. The lowest BCUT2D eigenvalue weighted by atomic mass is 10.0. The van der Waals surface area contributed by atoms with Crippen molar-refractivity contribution in [1.82, 2.24) is 5.32 Å². The summed E-state index contributed by atoms with van der Waals surface area (Å²) in [6, 6.07) is 19.1. The van der Waals surface area contributed by atoms with E-state index >= 15 is 0 Å². The van der Waals surface area contributed by atoms with Gasteiger partial charge >= 0.3 is 0 Å². The molecule has 0 aromatic heterocycles. The van der Waals surface area contributed by atoms with Crippen molar-refractivity contribution >= 4 is 21.6 Å². The van der Waals surface area contributed by atoms with E-state index in [1.165, 1.54) is 17.7 Å². The van der Waals surface area contributed by atoms with E-state index in [0.29, 0.717) is 18.0 Å². The van der Waals surface area contributed by atoms with E-state index in [2.05, 4.69) is 5.32 Å². The minimum absolute atomic E-state index is 0.0894. The van der Waals surface area contributed by atoms with Crippen molar-refractivity contribution in [3.05, 3.63) is 89.0 Å². The Morgan fingerprint density at radius 3 is 2.18 bits per heavy atom. The van der Waals surface area contributed by atoms with Gasteiger partial charge in [-0.1, -0.05) is 35.9 Å². The molecule has 3 rings (SSSR count). The van der Waals surface area contributed by atoms with Gasteiger partial charge < -0.3 is 10.1 Å². The summed E-state index contributed by atoms with van der Waals surface area (Å²) in [6.45, 7) is 9.88. The number of benzene rings is 3. The van der Waals surface area contributed by atoms with Crippen molar-refractivity contribution in [2.45, 2.75) is 45.6 Å². The standard InChI is InChI=1S/C27H32N2O4S/c1-6-33-25-13-15-26(16-14-25)34(31,32)29(24-11-7-19(2)8-12-24)18-27(30)28-22(5)23-10-9-20(3)21(4)17-23/h7-17,22H,6,18H2,1-5H3,(H,28,30). The lowest BCUT2D eigenvalue weighted by molar-refractivity contribution is -0.120. The van der Waals surface area contributed by atoms with Gasteiger partial charge in [-0.15, -0.1) is 0 Å². The Hall–Kier alpha value is -3.32. The highest BCUT2D eigenvalue weighted by Crippen LogP contribution is 2.26. The minimum atomic E-state index is -3.99. The third-order valence-electron chi connectivity index (χ3n) is 5.74. The summed E-state index contributed by atoms with van der Waals surface area (Å²) in [5.74, 6) is 0.198. The number of amides is 1. The van der Waals surface area contributed by atoms with Crippen molar-refractivity contribution in [1.29, 1.82) is 0 Å². The van der Waals surface area contributed by atoms with Crippen molar-refractivity contribution < 1.29 is 17.9 Å². The Kier molecular flexibility index (Phi) is 7.99. The number of carbonyl (C=O) groups is 1.